The molecular formula is C19H14Cl2N2O4. The van der Waals surface area contributed by atoms with Crippen LogP contribution in [0.1, 0.15) is 17.2 Å². The summed E-state index contributed by atoms with van der Waals surface area (Å²) in [6.45, 7) is 0.133. The number of phenols is 1. The van der Waals surface area contributed by atoms with E-state index < -0.39 is 11.9 Å². The number of carbonyl (C=O) groups excluding carboxylic acids is 1. The Morgan fingerprint density at radius 2 is 2.07 bits per heavy atom. The minimum Gasteiger partial charge on any atom is -0.505 e. The van der Waals surface area contributed by atoms with E-state index in [0.29, 0.717) is 38.6 Å². The van der Waals surface area contributed by atoms with Gasteiger partial charge in [-0.2, -0.15) is 0 Å². The maximum absolute atomic E-state index is 12.0. The third kappa shape index (κ3) is 3.22. The first-order valence-electron chi connectivity index (χ1n) is 8.09. The second kappa shape index (κ2) is 7.13. The lowest BCUT2D eigenvalue weighted by Gasteiger charge is -2.22. The summed E-state index contributed by atoms with van der Waals surface area (Å²) in [5.41, 5.74) is 1.44. The standard InChI is InChI=1S/C19H14Cl2N2O4/c20-8-16(24)23-17(10-3-4-14-15(6-10)27-9-26-14)12-7-13(21)11-2-1-5-22-18(11)19(12)25/h1-7,17,25H,8-9H2,(H,23,24). The fraction of sp³-hybridized carbons (Fsp3) is 0.158. The molecule has 0 saturated carbocycles. The zero-order valence-electron chi connectivity index (χ0n) is 13.9. The van der Waals surface area contributed by atoms with Crippen LogP contribution in [-0.4, -0.2) is 28.7 Å². The molecule has 0 spiro atoms. The van der Waals surface area contributed by atoms with Gasteiger partial charge in [0.2, 0.25) is 12.7 Å². The third-order valence-electron chi connectivity index (χ3n) is 4.31. The van der Waals surface area contributed by atoms with Crippen LogP contribution >= 0.6 is 23.2 Å². The number of nitrogens with one attached hydrogen (secondary N) is 1. The number of pyridine rings is 1. The van der Waals surface area contributed by atoms with E-state index in [0.717, 1.165) is 0 Å². The van der Waals surface area contributed by atoms with Gasteiger partial charge in [-0.3, -0.25) is 9.78 Å². The van der Waals surface area contributed by atoms with Crippen molar-refractivity contribution in [2.24, 2.45) is 0 Å². The number of alkyl halides is 1. The summed E-state index contributed by atoms with van der Waals surface area (Å²) in [5.74, 6) is 0.496. The van der Waals surface area contributed by atoms with Gasteiger partial charge in [0.1, 0.15) is 17.1 Å². The van der Waals surface area contributed by atoms with Crippen molar-refractivity contribution in [1.29, 1.82) is 0 Å². The molecule has 0 fully saturated rings. The molecule has 0 radical (unpaired) electrons. The summed E-state index contributed by atoms with van der Waals surface area (Å²) in [4.78, 5) is 16.3. The Bertz CT molecular complexity index is 1040. The number of aromatic nitrogens is 1. The molecule has 0 bridgehead atoms. The number of phenolic OH excluding ortho intramolecular Hbond substituents is 1. The number of hydrogen-bond acceptors (Lipinski definition) is 5. The molecule has 1 aromatic heterocycles. The first-order valence-corrected chi connectivity index (χ1v) is 9.00. The van der Waals surface area contributed by atoms with Crippen molar-refractivity contribution in [1.82, 2.24) is 10.3 Å². The monoisotopic (exact) mass is 404 g/mol. The lowest BCUT2D eigenvalue weighted by molar-refractivity contribution is -0.119. The van der Waals surface area contributed by atoms with E-state index >= 15 is 0 Å². The molecule has 1 aliphatic heterocycles. The molecule has 1 unspecified atom stereocenters. The average Bonchev–Trinajstić information content (AvgIpc) is 3.16. The molecule has 6 nitrogen and oxygen atoms in total. The molecule has 138 valence electrons. The Balaban J connectivity index is 1.88. The van der Waals surface area contributed by atoms with Crippen molar-refractivity contribution in [3.63, 3.8) is 0 Å². The normalized spacial score (nSPS) is 13.6. The molecule has 0 aliphatic carbocycles. The highest BCUT2D eigenvalue weighted by atomic mass is 35.5. The third-order valence-corrected chi connectivity index (χ3v) is 4.87. The van der Waals surface area contributed by atoms with Crippen LogP contribution in [0, 0.1) is 0 Å². The lowest BCUT2D eigenvalue weighted by atomic mass is 9.95. The molecule has 2 N–H and O–H groups in total. The maximum Gasteiger partial charge on any atom is 0.235 e. The van der Waals surface area contributed by atoms with Crippen molar-refractivity contribution < 1.29 is 19.4 Å². The van der Waals surface area contributed by atoms with Gasteiger partial charge < -0.3 is 19.9 Å². The molecule has 2 heterocycles. The van der Waals surface area contributed by atoms with Gasteiger partial charge in [-0.05, 0) is 35.9 Å². The maximum atomic E-state index is 12.0. The molecule has 2 aromatic carbocycles. The van der Waals surface area contributed by atoms with Crippen LogP contribution in [0.5, 0.6) is 17.2 Å². The molecule has 0 saturated heterocycles. The second-order valence-corrected chi connectivity index (χ2v) is 6.62. The summed E-state index contributed by atoms with van der Waals surface area (Å²) in [6.07, 6.45) is 1.56. The highest BCUT2D eigenvalue weighted by molar-refractivity contribution is 6.35. The summed E-state index contributed by atoms with van der Waals surface area (Å²) in [7, 11) is 0. The predicted octanol–water partition coefficient (Wildman–Crippen LogP) is 3.77. The Morgan fingerprint density at radius 3 is 2.89 bits per heavy atom. The van der Waals surface area contributed by atoms with Gasteiger partial charge in [0.05, 0.1) is 11.1 Å². The van der Waals surface area contributed by atoms with Gasteiger partial charge in [0.25, 0.3) is 0 Å². The lowest BCUT2D eigenvalue weighted by Crippen LogP contribution is -2.30. The number of nitrogens with zero attached hydrogens (tertiary/aromatic N) is 1. The van der Waals surface area contributed by atoms with Crippen LogP contribution in [0.25, 0.3) is 10.9 Å². The molecule has 8 heteroatoms. The number of ether oxygens (including phenoxy) is 2. The first kappa shape index (κ1) is 17.7. The second-order valence-electron chi connectivity index (χ2n) is 5.94. The molecule has 3 aromatic rings. The van der Waals surface area contributed by atoms with Crippen LogP contribution in [0.4, 0.5) is 0 Å². The number of benzene rings is 2. The molecular weight excluding hydrogens is 391 g/mol. The number of fused-ring (bicyclic) bond motifs is 2. The fourth-order valence-electron chi connectivity index (χ4n) is 3.06. The van der Waals surface area contributed by atoms with E-state index in [2.05, 4.69) is 10.3 Å². The molecule has 1 aliphatic rings. The Hall–Kier alpha value is -2.70. The van der Waals surface area contributed by atoms with Crippen LogP contribution in [-0.2, 0) is 4.79 Å². The Morgan fingerprint density at radius 1 is 1.26 bits per heavy atom. The van der Waals surface area contributed by atoms with Crippen molar-refractivity contribution in [2.45, 2.75) is 6.04 Å². The number of rotatable bonds is 4. The van der Waals surface area contributed by atoms with Gasteiger partial charge in [0, 0.05) is 17.1 Å². The quantitative estimate of drug-likeness (QED) is 0.646. The molecule has 4 rings (SSSR count). The van der Waals surface area contributed by atoms with Crippen LogP contribution in [0.3, 0.4) is 0 Å². The SMILES string of the molecule is O=C(CCl)NC(c1ccc2c(c1)OCO2)c1cc(Cl)c2cccnc2c1O. The summed E-state index contributed by atoms with van der Waals surface area (Å²) in [6, 6.07) is 9.69. The van der Waals surface area contributed by atoms with Gasteiger partial charge >= 0.3 is 0 Å². The van der Waals surface area contributed by atoms with Gasteiger partial charge in [-0.15, -0.1) is 11.6 Å². The minimum atomic E-state index is -0.699. The highest BCUT2D eigenvalue weighted by Crippen LogP contribution is 2.41. The van der Waals surface area contributed by atoms with E-state index in [9.17, 15) is 9.90 Å². The summed E-state index contributed by atoms with van der Waals surface area (Å²) >= 11 is 12.1. The number of amides is 1. The number of aromatic hydroxyl groups is 1. The van der Waals surface area contributed by atoms with Crippen molar-refractivity contribution in [3.05, 3.63) is 58.7 Å². The number of halogens is 2. The topological polar surface area (TPSA) is 80.7 Å². The van der Waals surface area contributed by atoms with E-state index in [1.165, 1.54) is 0 Å². The molecule has 1 amide bonds. The van der Waals surface area contributed by atoms with Crippen LogP contribution in [0.15, 0.2) is 42.6 Å². The smallest absolute Gasteiger partial charge is 0.235 e. The first-order chi connectivity index (χ1) is 13.1. The van der Waals surface area contributed by atoms with Gasteiger partial charge in [-0.25, -0.2) is 0 Å². The molecule has 27 heavy (non-hydrogen) atoms. The van der Waals surface area contributed by atoms with Crippen molar-refractivity contribution in [2.75, 3.05) is 12.7 Å². The molecule has 1 atom stereocenters. The van der Waals surface area contributed by atoms with E-state index in [1.54, 1.807) is 42.6 Å². The van der Waals surface area contributed by atoms with E-state index in [4.69, 9.17) is 32.7 Å². The predicted molar refractivity (Wildman–Crippen MR) is 102 cm³/mol. The average molecular weight is 405 g/mol. The summed E-state index contributed by atoms with van der Waals surface area (Å²) < 4.78 is 10.7. The van der Waals surface area contributed by atoms with Crippen molar-refractivity contribution >= 4 is 40.0 Å². The van der Waals surface area contributed by atoms with E-state index in [1.807, 2.05) is 0 Å². The van der Waals surface area contributed by atoms with E-state index in [-0.39, 0.29) is 18.4 Å². The number of carbonyl (C=O) groups is 1. The fourth-order valence-corrected chi connectivity index (χ4v) is 3.41. The zero-order valence-corrected chi connectivity index (χ0v) is 15.4. The summed E-state index contributed by atoms with van der Waals surface area (Å²) in [5, 5.41) is 14.7. The number of hydrogen-bond donors (Lipinski definition) is 2. The van der Waals surface area contributed by atoms with Crippen LogP contribution < -0.4 is 14.8 Å². The highest BCUT2D eigenvalue weighted by Gasteiger charge is 2.25. The Kier molecular flexibility index (Phi) is 4.68. The minimum absolute atomic E-state index is 0.0625. The Labute approximate surface area is 164 Å². The largest absolute Gasteiger partial charge is 0.505 e. The van der Waals surface area contributed by atoms with Gasteiger partial charge in [-0.1, -0.05) is 17.7 Å². The van der Waals surface area contributed by atoms with Gasteiger partial charge in [0.15, 0.2) is 11.5 Å². The van der Waals surface area contributed by atoms with Crippen LogP contribution in [0.2, 0.25) is 5.02 Å². The van der Waals surface area contributed by atoms with Crippen molar-refractivity contribution in [3.8, 4) is 17.2 Å². The zero-order chi connectivity index (χ0) is 19.0.